The van der Waals surface area contributed by atoms with Crippen LogP contribution in [0.5, 0.6) is 0 Å². The Morgan fingerprint density at radius 1 is 1.06 bits per heavy atom. The van der Waals surface area contributed by atoms with Gasteiger partial charge in [0.2, 0.25) is 11.9 Å². The summed E-state index contributed by atoms with van der Waals surface area (Å²) in [4.78, 5) is 54.9. The molecule has 1 amide bonds. The summed E-state index contributed by atoms with van der Waals surface area (Å²) in [5.41, 5.74) is 7.62. The molecule has 4 heterocycles. The largest absolute Gasteiger partial charge is 0.460 e. The molecule has 2 fully saturated rings. The monoisotopic (exact) mass is 709 g/mol. The number of nitrogens with zero attached hydrogens (tertiary/aromatic N) is 7. The van der Waals surface area contributed by atoms with Gasteiger partial charge in [-0.2, -0.15) is 20.1 Å². The van der Waals surface area contributed by atoms with Crippen LogP contribution in [0, 0.1) is 11.7 Å². The van der Waals surface area contributed by atoms with Crippen molar-refractivity contribution in [3.8, 4) is 17.1 Å². The lowest BCUT2D eigenvalue weighted by Crippen LogP contribution is -2.43. The van der Waals surface area contributed by atoms with Gasteiger partial charge in [0.15, 0.2) is 5.82 Å². The highest BCUT2D eigenvalue weighted by atomic mass is 19.1. The second-order valence-corrected chi connectivity index (χ2v) is 14.3. The molecule has 0 unspecified atom stereocenters. The summed E-state index contributed by atoms with van der Waals surface area (Å²) in [5.74, 6) is -0.952. The van der Waals surface area contributed by atoms with Crippen LogP contribution in [0.1, 0.15) is 63.5 Å². The number of piperidine rings is 1. The molecule has 270 valence electrons. The van der Waals surface area contributed by atoms with Crippen molar-refractivity contribution in [2.75, 3.05) is 24.1 Å². The molecule has 15 heteroatoms. The molecule has 0 spiro atoms. The van der Waals surface area contributed by atoms with Crippen LogP contribution in [-0.4, -0.2) is 65.0 Å². The van der Waals surface area contributed by atoms with E-state index in [2.05, 4.69) is 25.4 Å². The minimum atomic E-state index is -0.630. The average Bonchev–Trinajstić information content (AvgIpc) is 3.87. The Balaban J connectivity index is 1.23. The highest BCUT2D eigenvalue weighted by molar-refractivity contribution is 5.84. The number of aromatic nitrogens is 6. The highest BCUT2D eigenvalue weighted by Gasteiger charge is 2.31. The summed E-state index contributed by atoms with van der Waals surface area (Å²) in [5, 5.41) is 7.70. The number of esters is 1. The van der Waals surface area contributed by atoms with E-state index in [1.54, 1.807) is 80.3 Å². The zero-order chi connectivity index (χ0) is 36.7. The standard InChI is InChI=1S/C37H40FN9O5/c1-37(2,3)52-36(50)46-13-10-22(11-14-46)33(49)51-20-27-26(31-42-34(39)44-35(43-31)41-25-18-40-45(4)19-25)6-5-7-29(27)47-15-12-23-16-24(21-8-9-21)17-28(38)30(23)32(47)48/h5-7,12,15-19,21-22H,8-11,13-14,20H2,1-4H3,(H3,39,41,42,43,44). The van der Waals surface area contributed by atoms with E-state index in [0.29, 0.717) is 59.7 Å². The SMILES string of the molecule is Cn1cc(Nc2nc(N)nc(-c3cccc(-n4ccc5cc(C6CC6)cc(F)c5c4=O)c3COC(=O)C3CCN(C(=O)OC(C)(C)C)CC3)n2)cn1. The van der Waals surface area contributed by atoms with Crippen LogP contribution in [0.3, 0.4) is 0 Å². The number of nitrogens with one attached hydrogen (secondary N) is 1. The summed E-state index contributed by atoms with van der Waals surface area (Å²) < 4.78 is 29.9. The van der Waals surface area contributed by atoms with E-state index in [4.69, 9.17) is 15.2 Å². The minimum absolute atomic E-state index is 0.0376. The molecule has 0 radical (unpaired) electrons. The molecule has 1 saturated heterocycles. The van der Waals surface area contributed by atoms with Crippen LogP contribution in [0.2, 0.25) is 0 Å². The van der Waals surface area contributed by atoms with E-state index in [-0.39, 0.29) is 29.7 Å². The van der Waals surface area contributed by atoms with Gasteiger partial charge in [0.1, 0.15) is 18.0 Å². The summed E-state index contributed by atoms with van der Waals surface area (Å²) in [6.07, 6.45) is 7.30. The molecule has 5 aromatic rings. The first-order valence-corrected chi connectivity index (χ1v) is 17.2. The number of amides is 1. The molecule has 7 rings (SSSR count). The van der Waals surface area contributed by atoms with Crippen molar-refractivity contribution in [1.29, 1.82) is 0 Å². The molecule has 1 aliphatic heterocycles. The third-order valence-corrected chi connectivity index (χ3v) is 9.13. The van der Waals surface area contributed by atoms with Gasteiger partial charge in [0, 0.05) is 43.7 Å². The predicted octanol–water partition coefficient (Wildman–Crippen LogP) is 5.61. The number of ether oxygens (including phenoxy) is 2. The van der Waals surface area contributed by atoms with Gasteiger partial charge in [0.05, 0.1) is 28.9 Å². The number of halogens is 1. The van der Waals surface area contributed by atoms with Gasteiger partial charge in [-0.15, -0.1) is 0 Å². The normalized spacial score (nSPS) is 15.1. The second-order valence-electron chi connectivity index (χ2n) is 14.3. The lowest BCUT2D eigenvalue weighted by molar-refractivity contribution is -0.151. The maximum atomic E-state index is 15.6. The Morgan fingerprint density at radius 3 is 2.52 bits per heavy atom. The van der Waals surface area contributed by atoms with Crippen molar-refractivity contribution >= 4 is 40.4 Å². The summed E-state index contributed by atoms with van der Waals surface area (Å²) >= 11 is 0. The number of nitrogens with two attached hydrogens (primary N) is 1. The zero-order valence-electron chi connectivity index (χ0n) is 29.4. The van der Waals surface area contributed by atoms with Crippen molar-refractivity contribution in [3.05, 3.63) is 82.3 Å². The summed E-state index contributed by atoms with van der Waals surface area (Å²) in [7, 11) is 1.77. The highest BCUT2D eigenvalue weighted by Crippen LogP contribution is 2.41. The van der Waals surface area contributed by atoms with Gasteiger partial charge >= 0.3 is 12.1 Å². The topological polar surface area (TPSA) is 172 Å². The van der Waals surface area contributed by atoms with Crippen LogP contribution in [0.4, 0.5) is 26.8 Å². The Morgan fingerprint density at radius 2 is 1.83 bits per heavy atom. The molecule has 14 nitrogen and oxygen atoms in total. The average molecular weight is 710 g/mol. The van der Waals surface area contributed by atoms with Crippen LogP contribution in [0.25, 0.3) is 27.8 Å². The first-order chi connectivity index (χ1) is 24.8. The van der Waals surface area contributed by atoms with Crippen molar-refractivity contribution in [2.45, 2.75) is 64.6 Å². The summed E-state index contributed by atoms with van der Waals surface area (Å²) in [6, 6.07) is 10.2. The van der Waals surface area contributed by atoms with Crippen molar-refractivity contribution in [3.63, 3.8) is 0 Å². The van der Waals surface area contributed by atoms with E-state index in [1.807, 2.05) is 6.07 Å². The summed E-state index contributed by atoms with van der Waals surface area (Å²) in [6.45, 7) is 5.83. The van der Waals surface area contributed by atoms with Crippen LogP contribution >= 0.6 is 0 Å². The Hall–Kier alpha value is -5.86. The lowest BCUT2D eigenvalue weighted by atomic mass is 9.97. The number of nitrogen functional groups attached to an aromatic ring is 1. The number of fused-ring (bicyclic) bond motifs is 1. The number of hydrogen-bond donors (Lipinski definition) is 2. The van der Waals surface area contributed by atoms with Gasteiger partial charge in [-0.05, 0) is 81.5 Å². The number of likely N-dealkylation sites (tertiary alicyclic amines) is 1. The first kappa shape index (κ1) is 34.6. The number of aryl methyl sites for hydroxylation is 1. The van der Waals surface area contributed by atoms with Gasteiger partial charge < -0.3 is 25.4 Å². The Bertz CT molecular complexity index is 2230. The van der Waals surface area contributed by atoms with Crippen molar-refractivity contribution < 1.29 is 23.5 Å². The number of pyridine rings is 1. The molecule has 0 bridgehead atoms. The van der Waals surface area contributed by atoms with Crippen molar-refractivity contribution in [2.24, 2.45) is 13.0 Å². The molecule has 3 aromatic heterocycles. The lowest BCUT2D eigenvalue weighted by Gasteiger charge is -2.32. The number of anilines is 3. The fraction of sp³-hybridized carbons (Fsp3) is 0.378. The number of benzene rings is 2. The second kappa shape index (κ2) is 13.7. The van der Waals surface area contributed by atoms with Crippen LogP contribution in [0.15, 0.2) is 59.8 Å². The van der Waals surface area contributed by atoms with E-state index in [1.165, 1.54) is 10.6 Å². The molecule has 3 N–H and O–H groups in total. The fourth-order valence-electron chi connectivity index (χ4n) is 6.42. The molecule has 52 heavy (non-hydrogen) atoms. The molecular formula is C37H40FN9O5. The van der Waals surface area contributed by atoms with Gasteiger partial charge in [-0.3, -0.25) is 18.8 Å². The smallest absolute Gasteiger partial charge is 0.410 e. The quantitative estimate of drug-likeness (QED) is 0.192. The predicted molar refractivity (Wildman–Crippen MR) is 192 cm³/mol. The molecule has 1 aliphatic carbocycles. The Kier molecular flexibility index (Phi) is 9.11. The molecular weight excluding hydrogens is 669 g/mol. The van der Waals surface area contributed by atoms with Gasteiger partial charge in [-0.1, -0.05) is 18.2 Å². The van der Waals surface area contributed by atoms with Gasteiger partial charge in [-0.25, -0.2) is 9.18 Å². The van der Waals surface area contributed by atoms with Crippen LogP contribution < -0.4 is 16.6 Å². The molecule has 2 aliphatic rings. The number of carbonyl (C=O) groups excluding carboxylic acids is 2. The zero-order valence-corrected chi connectivity index (χ0v) is 29.4. The van der Waals surface area contributed by atoms with E-state index < -0.39 is 35.0 Å². The number of hydrogen-bond acceptors (Lipinski definition) is 11. The third-order valence-electron chi connectivity index (χ3n) is 9.13. The molecule has 0 atom stereocenters. The maximum Gasteiger partial charge on any atom is 0.410 e. The molecule has 2 aromatic carbocycles. The fourth-order valence-corrected chi connectivity index (χ4v) is 6.42. The Labute approximate surface area is 298 Å². The molecule has 1 saturated carbocycles. The maximum absolute atomic E-state index is 15.6. The number of rotatable bonds is 8. The van der Waals surface area contributed by atoms with E-state index >= 15 is 4.39 Å². The van der Waals surface area contributed by atoms with E-state index in [0.717, 1.165) is 18.4 Å². The first-order valence-electron chi connectivity index (χ1n) is 17.2. The number of carbonyl (C=O) groups is 2. The van der Waals surface area contributed by atoms with Gasteiger partial charge in [0.25, 0.3) is 5.56 Å². The van der Waals surface area contributed by atoms with E-state index in [9.17, 15) is 14.4 Å². The van der Waals surface area contributed by atoms with Crippen molar-refractivity contribution in [1.82, 2.24) is 34.2 Å². The van der Waals surface area contributed by atoms with Crippen LogP contribution in [-0.2, 0) is 27.9 Å². The minimum Gasteiger partial charge on any atom is -0.460 e. The third kappa shape index (κ3) is 7.43.